The van der Waals surface area contributed by atoms with Crippen LogP contribution < -0.4 is 5.73 Å². The number of likely N-dealkylation sites (tertiary alicyclic amines) is 1. The second-order valence-corrected chi connectivity index (χ2v) is 7.32. The molecule has 3 fully saturated rings. The van der Waals surface area contributed by atoms with Gasteiger partial charge in [-0.2, -0.15) is 0 Å². The molecule has 19 heavy (non-hydrogen) atoms. The maximum atomic E-state index is 6.17. The lowest BCUT2D eigenvalue weighted by molar-refractivity contribution is -0.00443. The van der Waals surface area contributed by atoms with Crippen LogP contribution in [0.1, 0.15) is 51.9 Å². The molecule has 110 valence electrons. The molecule has 1 aliphatic carbocycles. The third kappa shape index (κ3) is 2.45. The van der Waals surface area contributed by atoms with Crippen LogP contribution in [-0.4, -0.2) is 43.3 Å². The molecule has 2 atom stereocenters. The molecule has 0 aromatic heterocycles. The Morgan fingerprint density at radius 2 is 1.89 bits per heavy atom. The number of piperidine rings is 1. The summed E-state index contributed by atoms with van der Waals surface area (Å²) >= 11 is 0. The summed E-state index contributed by atoms with van der Waals surface area (Å²) in [6, 6.07) is 0. The molecule has 2 N–H and O–H groups in total. The molecule has 3 heteroatoms. The highest BCUT2D eigenvalue weighted by atomic mass is 16.5. The fraction of sp³-hybridized carbons (Fsp3) is 1.00. The van der Waals surface area contributed by atoms with Crippen LogP contribution in [0, 0.1) is 11.3 Å². The van der Waals surface area contributed by atoms with Crippen molar-refractivity contribution in [3.8, 4) is 0 Å². The minimum atomic E-state index is 0.163. The molecule has 2 heterocycles. The van der Waals surface area contributed by atoms with Crippen LogP contribution in [0.4, 0.5) is 0 Å². The van der Waals surface area contributed by atoms with Crippen molar-refractivity contribution in [2.24, 2.45) is 17.1 Å². The average Bonchev–Trinajstić information content (AvgIpc) is 3.11. The molecule has 2 unspecified atom stereocenters. The summed E-state index contributed by atoms with van der Waals surface area (Å²) in [6.07, 6.45) is 9.87. The quantitative estimate of drug-likeness (QED) is 0.852. The number of rotatable bonds is 3. The highest BCUT2D eigenvalue weighted by Crippen LogP contribution is 2.47. The first-order valence-electron chi connectivity index (χ1n) is 8.21. The second kappa shape index (κ2) is 5.34. The fourth-order valence-electron chi connectivity index (χ4n) is 4.70. The summed E-state index contributed by atoms with van der Waals surface area (Å²) in [5.74, 6) is 0.634. The zero-order valence-electron chi connectivity index (χ0n) is 12.5. The van der Waals surface area contributed by atoms with Crippen molar-refractivity contribution in [2.75, 3.05) is 32.8 Å². The van der Waals surface area contributed by atoms with Gasteiger partial charge in [-0.05, 0) is 57.5 Å². The summed E-state index contributed by atoms with van der Waals surface area (Å²) in [5, 5.41) is 0. The molecule has 0 bridgehead atoms. The number of nitrogens with two attached hydrogens (primary N) is 1. The van der Waals surface area contributed by atoms with Gasteiger partial charge in [0.25, 0.3) is 0 Å². The van der Waals surface area contributed by atoms with E-state index in [1.807, 2.05) is 0 Å². The monoisotopic (exact) mass is 266 g/mol. The second-order valence-electron chi connectivity index (χ2n) is 7.32. The maximum absolute atomic E-state index is 6.17. The molecule has 3 aliphatic rings. The van der Waals surface area contributed by atoms with E-state index in [4.69, 9.17) is 10.5 Å². The molecule has 0 aromatic rings. The maximum Gasteiger partial charge on any atom is 0.0513 e. The first-order valence-corrected chi connectivity index (χ1v) is 8.21. The first kappa shape index (κ1) is 13.8. The predicted octanol–water partition coefficient (Wildman–Crippen LogP) is 2.40. The Labute approximate surface area is 117 Å². The zero-order chi connectivity index (χ0) is 13.3. The Morgan fingerprint density at radius 1 is 1.21 bits per heavy atom. The van der Waals surface area contributed by atoms with Crippen molar-refractivity contribution >= 4 is 0 Å². The summed E-state index contributed by atoms with van der Waals surface area (Å²) in [6.45, 7) is 7.49. The molecular weight excluding hydrogens is 236 g/mol. The van der Waals surface area contributed by atoms with Gasteiger partial charge in [0.15, 0.2) is 0 Å². The summed E-state index contributed by atoms with van der Waals surface area (Å²) in [7, 11) is 0. The summed E-state index contributed by atoms with van der Waals surface area (Å²) < 4.78 is 5.61. The van der Waals surface area contributed by atoms with Crippen molar-refractivity contribution < 1.29 is 4.74 Å². The molecule has 0 aromatic carbocycles. The Kier molecular flexibility index (Phi) is 3.89. The van der Waals surface area contributed by atoms with E-state index in [0.29, 0.717) is 11.3 Å². The number of nitrogens with zero attached hydrogens (tertiary/aromatic N) is 1. The van der Waals surface area contributed by atoms with E-state index in [1.165, 1.54) is 58.0 Å². The Balaban J connectivity index is 1.65. The minimum absolute atomic E-state index is 0.163. The SMILES string of the molecule is CC(CN)(C1CCOC1)N1CCC2(CCCC2)CC1. The van der Waals surface area contributed by atoms with Crippen LogP contribution in [0.3, 0.4) is 0 Å². The topological polar surface area (TPSA) is 38.5 Å². The molecule has 1 spiro atoms. The molecule has 0 radical (unpaired) electrons. The van der Waals surface area contributed by atoms with Crippen LogP contribution in [0.25, 0.3) is 0 Å². The van der Waals surface area contributed by atoms with Crippen LogP contribution in [-0.2, 0) is 4.74 Å². The predicted molar refractivity (Wildman–Crippen MR) is 78.1 cm³/mol. The number of ether oxygens (including phenoxy) is 1. The fourth-order valence-corrected chi connectivity index (χ4v) is 4.70. The van der Waals surface area contributed by atoms with E-state index in [1.54, 1.807) is 0 Å². The number of hydrogen-bond donors (Lipinski definition) is 1. The van der Waals surface area contributed by atoms with Crippen molar-refractivity contribution in [3.05, 3.63) is 0 Å². The van der Waals surface area contributed by atoms with Gasteiger partial charge < -0.3 is 10.5 Å². The van der Waals surface area contributed by atoms with Gasteiger partial charge in [0.2, 0.25) is 0 Å². The van der Waals surface area contributed by atoms with Gasteiger partial charge in [-0.1, -0.05) is 12.8 Å². The van der Waals surface area contributed by atoms with Gasteiger partial charge in [0.05, 0.1) is 6.61 Å². The molecule has 1 saturated carbocycles. The standard InChI is InChI=1S/C16H30N2O/c1-15(13-17,14-4-11-19-12-14)18-9-7-16(8-10-18)5-2-3-6-16/h14H,2-13,17H2,1H3. The Hall–Kier alpha value is -0.120. The highest BCUT2D eigenvalue weighted by Gasteiger charge is 2.45. The van der Waals surface area contributed by atoms with E-state index >= 15 is 0 Å². The van der Waals surface area contributed by atoms with Gasteiger partial charge in [0, 0.05) is 24.6 Å². The van der Waals surface area contributed by atoms with Gasteiger partial charge >= 0.3 is 0 Å². The van der Waals surface area contributed by atoms with E-state index in [-0.39, 0.29) is 5.54 Å². The largest absolute Gasteiger partial charge is 0.381 e. The number of hydrogen-bond acceptors (Lipinski definition) is 3. The lowest BCUT2D eigenvalue weighted by atomic mass is 9.74. The average molecular weight is 266 g/mol. The van der Waals surface area contributed by atoms with E-state index < -0.39 is 0 Å². The third-order valence-electron chi connectivity index (χ3n) is 6.43. The normalized spacial score (nSPS) is 34.7. The van der Waals surface area contributed by atoms with Crippen molar-refractivity contribution in [1.82, 2.24) is 4.90 Å². The molecular formula is C16H30N2O. The van der Waals surface area contributed by atoms with E-state index in [0.717, 1.165) is 19.8 Å². The van der Waals surface area contributed by atoms with Gasteiger partial charge in [0.1, 0.15) is 0 Å². The lowest BCUT2D eigenvalue weighted by Gasteiger charge is -2.50. The molecule has 2 aliphatic heterocycles. The van der Waals surface area contributed by atoms with Crippen LogP contribution in [0.5, 0.6) is 0 Å². The van der Waals surface area contributed by atoms with Gasteiger partial charge in [-0.3, -0.25) is 4.90 Å². The van der Waals surface area contributed by atoms with E-state index in [2.05, 4.69) is 11.8 Å². The minimum Gasteiger partial charge on any atom is -0.381 e. The summed E-state index contributed by atoms with van der Waals surface area (Å²) in [4.78, 5) is 2.69. The van der Waals surface area contributed by atoms with Crippen LogP contribution >= 0.6 is 0 Å². The van der Waals surface area contributed by atoms with Crippen molar-refractivity contribution in [3.63, 3.8) is 0 Å². The zero-order valence-corrected chi connectivity index (χ0v) is 12.5. The van der Waals surface area contributed by atoms with Crippen molar-refractivity contribution in [1.29, 1.82) is 0 Å². The molecule has 3 rings (SSSR count). The Bertz CT molecular complexity index is 298. The molecule has 0 amide bonds. The van der Waals surface area contributed by atoms with Gasteiger partial charge in [-0.15, -0.1) is 0 Å². The first-order chi connectivity index (χ1) is 9.19. The van der Waals surface area contributed by atoms with Gasteiger partial charge in [-0.25, -0.2) is 0 Å². The lowest BCUT2D eigenvalue weighted by Crippen LogP contribution is -2.59. The third-order valence-corrected chi connectivity index (χ3v) is 6.43. The van der Waals surface area contributed by atoms with Crippen LogP contribution in [0.15, 0.2) is 0 Å². The van der Waals surface area contributed by atoms with Crippen molar-refractivity contribution in [2.45, 2.75) is 57.4 Å². The summed E-state index contributed by atoms with van der Waals surface area (Å²) in [5.41, 5.74) is 7.04. The molecule has 2 saturated heterocycles. The van der Waals surface area contributed by atoms with Crippen LogP contribution in [0.2, 0.25) is 0 Å². The smallest absolute Gasteiger partial charge is 0.0513 e. The Morgan fingerprint density at radius 3 is 2.42 bits per heavy atom. The van der Waals surface area contributed by atoms with E-state index in [9.17, 15) is 0 Å². The highest BCUT2D eigenvalue weighted by molar-refractivity contribution is 4.99. The molecule has 3 nitrogen and oxygen atoms in total.